The predicted molar refractivity (Wildman–Crippen MR) is 106 cm³/mol. The van der Waals surface area contributed by atoms with Crippen LogP contribution in [0.5, 0.6) is 0 Å². The summed E-state index contributed by atoms with van der Waals surface area (Å²) >= 11 is 0. The number of aromatic nitrogens is 4. The smallest absolute Gasteiger partial charge is 0.373 e. The van der Waals surface area contributed by atoms with Crippen molar-refractivity contribution >= 4 is 23.5 Å². The van der Waals surface area contributed by atoms with E-state index in [0.717, 1.165) is 5.56 Å². The van der Waals surface area contributed by atoms with E-state index >= 15 is 0 Å². The fourth-order valence-corrected chi connectivity index (χ4v) is 2.81. The summed E-state index contributed by atoms with van der Waals surface area (Å²) in [4.78, 5) is 47.7. The van der Waals surface area contributed by atoms with Crippen molar-refractivity contribution in [3.8, 4) is 5.82 Å². The molecule has 0 spiro atoms. The van der Waals surface area contributed by atoms with E-state index in [1.165, 1.54) is 23.0 Å². The Balaban J connectivity index is 1.92. The van der Waals surface area contributed by atoms with Crippen LogP contribution >= 0.6 is 0 Å². The Kier molecular flexibility index (Phi) is 5.93. The maximum absolute atomic E-state index is 13.0. The van der Waals surface area contributed by atoms with Gasteiger partial charge in [0.2, 0.25) is 11.6 Å². The third-order valence-corrected chi connectivity index (χ3v) is 4.16. The zero-order chi connectivity index (χ0) is 21.7. The number of hydrogen-bond acceptors (Lipinski definition) is 6. The molecule has 10 nitrogen and oxygen atoms in total. The van der Waals surface area contributed by atoms with Gasteiger partial charge in [-0.3, -0.25) is 14.4 Å². The average Bonchev–Trinajstić information content (AvgIpc) is 3.15. The van der Waals surface area contributed by atoms with Gasteiger partial charge in [-0.2, -0.15) is 14.8 Å². The summed E-state index contributed by atoms with van der Waals surface area (Å²) in [5, 5.41) is 6.80. The van der Waals surface area contributed by atoms with Crippen LogP contribution in [0.2, 0.25) is 0 Å². The first-order valence-corrected chi connectivity index (χ1v) is 8.85. The SMILES string of the molecule is [C-]#[N+]c1nccc(-n2nc(C)cc2C(=O)NC(Cc2ccccc2)C(=O)C(N)=O)n1. The first-order chi connectivity index (χ1) is 14.4. The molecule has 3 N–H and O–H groups in total. The number of benzene rings is 1. The summed E-state index contributed by atoms with van der Waals surface area (Å²) in [5.74, 6) is -2.58. The Bertz CT molecular complexity index is 1150. The summed E-state index contributed by atoms with van der Waals surface area (Å²) in [7, 11) is 0. The molecular formula is C20H17N7O3. The molecule has 30 heavy (non-hydrogen) atoms. The maximum atomic E-state index is 13.0. The summed E-state index contributed by atoms with van der Waals surface area (Å²) in [5.41, 5.74) is 6.51. The van der Waals surface area contributed by atoms with Crippen molar-refractivity contribution in [1.29, 1.82) is 0 Å². The number of nitrogens with zero attached hydrogens (tertiary/aromatic N) is 5. The highest BCUT2D eigenvalue weighted by atomic mass is 16.2. The standard InChI is InChI=1S/C20H17N7O3/c1-12-10-15(27(26-12)16-8-9-23-20(22-2)25-16)19(30)24-14(17(28)18(21)29)11-13-6-4-3-5-7-13/h3-10,14H,11H2,1H3,(H2,21,29)(H,24,30). The number of aryl methyl sites for hydroxylation is 1. The lowest BCUT2D eigenvalue weighted by Crippen LogP contribution is -2.47. The second-order valence-electron chi connectivity index (χ2n) is 6.35. The zero-order valence-corrected chi connectivity index (χ0v) is 15.9. The molecule has 0 radical (unpaired) electrons. The average molecular weight is 403 g/mol. The monoisotopic (exact) mass is 403 g/mol. The van der Waals surface area contributed by atoms with Crippen LogP contribution in [0.3, 0.4) is 0 Å². The van der Waals surface area contributed by atoms with Crippen LogP contribution < -0.4 is 11.1 Å². The van der Waals surface area contributed by atoms with Crippen molar-refractivity contribution in [2.75, 3.05) is 0 Å². The van der Waals surface area contributed by atoms with E-state index in [9.17, 15) is 14.4 Å². The molecule has 1 aromatic carbocycles. The lowest BCUT2D eigenvalue weighted by Gasteiger charge is -2.16. The summed E-state index contributed by atoms with van der Waals surface area (Å²) in [6.07, 6.45) is 1.47. The van der Waals surface area contributed by atoms with Crippen LogP contribution in [-0.2, 0) is 16.0 Å². The van der Waals surface area contributed by atoms with Crippen molar-refractivity contribution in [3.63, 3.8) is 0 Å². The molecule has 0 bridgehead atoms. The van der Waals surface area contributed by atoms with Crippen molar-refractivity contribution in [1.82, 2.24) is 25.1 Å². The number of nitrogens with two attached hydrogens (primary N) is 1. The van der Waals surface area contributed by atoms with Gasteiger partial charge in [-0.25, -0.2) is 0 Å². The van der Waals surface area contributed by atoms with Gasteiger partial charge in [-0.15, -0.1) is 11.6 Å². The van der Waals surface area contributed by atoms with Crippen LogP contribution in [0, 0.1) is 13.5 Å². The number of ketones is 1. The van der Waals surface area contributed by atoms with Gasteiger partial charge in [-0.1, -0.05) is 30.3 Å². The van der Waals surface area contributed by atoms with Gasteiger partial charge >= 0.3 is 5.95 Å². The number of amides is 2. The Morgan fingerprint density at radius 2 is 1.97 bits per heavy atom. The van der Waals surface area contributed by atoms with E-state index in [0.29, 0.717) is 5.69 Å². The first-order valence-electron chi connectivity index (χ1n) is 8.85. The number of Topliss-reactive ketones (excluding diaryl/α,β-unsaturated/α-hetero) is 1. The molecule has 2 amide bonds. The number of carbonyl (C=O) groups is 3. The molecule has 10 heteroatoms. The fourth-order valence-electron chi connectivity index (χ4n) is 2.81. The summed E-state index contributed by atoms with van der Waals surface area (Å²) in [6.45, 7) is 8.72. The molecule has 3 aromatic rings. The van der Waals surface area contributed by atoms with Crippen molar-refractivity contribution in [2.24, 2.45) is 5.73 Å². The Morgan fingerprint density at radius 1 is 1.23 bits per heavy atom. The summed E-state index contributed by atoms with van der Waals surface area (Å²) in [6, 6.07) is 10.8. The molecular weight excluding hydrogens is 386 g/mol. The minimum absolute atomic E-state index is 0.0810. The largest absolute Gasteiger partial charge is 0.394 e. The van der Waals surface area contributed by atoms with Gasteiger partial charge in [-0.05, 0) is 18.6 Å². The third kappa shape index (κ3) is 4.53. The summed E-state index contributed by atoms with van der Waals surface area (Å²) < 4.78 is 1.25. The van der Waals surface area contributed by atoms with Crippen LogP contribution in [-0.4, -0.2) is 43.4 Å². The van der Waals surface area contributed by atoms with Crippen molar-refractivity contribution in [3.05, 3.63) is 77.0 Å². The van der Waals surface area contributed by atoms with Gasteiger partial charge in [0.1, 0.15) is 11.7 Å². The molecule has 0 fully saturated rings. The Labute approximate surface area is 171 Å². The van der Waals surface area contributed by atoms with Gasteiger partial charge < -0.3 is 15.9 Å². The molecule has 0 saturated heterocycles. The number of carbonyl (C=O) groups excluding carboxylic acids is 3. The number of rotatable bonds is 7. The highest BCUT2D eigenvalue weighted by Gasteiger charge is 2.28. The van der Waals surface area contributed by atoms with E-state index < -0.39 is 23.6 Å². The Morgan fingerprint density at radius 3 is 2.63 bits per heavy atom. The molecule has 1 unspecified atom stereocenters. The van der Waals surface area contributed by atoms with Crippen LogP contribution in [0.15, 0.2) is 48.7 Å². The fraction of sp³-hybridized carbons (Fsp3) is 0.150. The topological polar surface area (TPSA) is 137 Å². The lowest BCUT2D eigenvalue weighted by atomic mass is 10.0. The van der Waals surface area contributed by atoms with Gasteiger partial charge in [0.05, 0.1) is 11.9 Å². The second-order valence-corrected chi connectivity index (χ2v) is 6.35. The molecule has 1 atom stereocenters. The third-order valence-electron chi connectivity index (χ3n) is 4.16. The zero-order valence-electron chi connectivity index (χ0n) is 15.9. The number of hydrogen-bond donors (Lipinski definition) is 2. The highest BCUT2D eigenvalue weighted by molar-refractivity contribution is 6.38. The molecule has 0 aliphatic rings. The molecule has 0 saturated carbocycles. The maximum Gasteiger partial charge on any atom is 0.373 e. The molecule has 2 heterocycles. The van der Waals surface area contributed by atoms with E-state index in [4.69, 9.17) is 12.3 Å². The minimum atomic E-state index is -1.15. The van der Waals surface area contributed by atoms with E-state index in [1.807, 2.05) is 6.07 Å². The van der Waals surface area contributed by atoms with Crippen molar-refractivity contribution < 1.29 is 14.4 Å². The molecule has 0 aliphatic carbocycles. The van der Waals surface area contributed by atoms with Gasteiger partial charge in [0, 0.05) is 12.5 Å². The normalized spacial score (nSPS) is 11.3. The van der Waals surface area contributed by atoms with Crippen LogP contribution in [0.4, 0.5) is 5.95 Å². The van der Waals surface area contributed by atoms with E-state index in [-0.39, 0.29) is 23.9 Å². The second kappa shape index (κ2) is 8.74. The van der Waals surface area contributed by atoms with Crippen molar-refractivity contribution in [2.45, 2.75) is 19.4 Å². The lowest BCUT2D eigenvalue weighted by molar-refractivity contribution is -0.137. The number of primary amides is 1. The van der Waals surface area contributed by atoms with Gasteiger partial charge in [0.25, 0.3) is 11.8 Å². The molecule has 0 aliphatic heterocycles. The minimum Gasteiger partial charge on any atom is -0.394 e. The highest BCUT2D eigenvalue weighted by Crippen LogP contribution is 2.14. The molecule has 2 aromatic heterocycles. The van der Waals surface area contributed by atoms with E-state index in [2.05, 4.69) is 25.2 Å². The van der Waals surface area contributed by atoms with Crippen LogP contribution in [0.1, 0.15) is 21.7 Å². The number of nitrogens with one attached hydrogen (secondary N) is 1. The molecule has 150 valence electrons. The molecule has 3 rings (SSSR count). The van der Waals surface area contributed by atoms with Gasteiger partial charge in [0.15, 0.2) is 0 Å². The quantitative estimate of drug-likeness (QED) is 0.444. The van der Waals surface area contributed by atoms with E-state index in [1.54, 1.807) is 31.2 Å². The van der Waals surface area contributed by atoms with Crippen LogP contribution in [0.25, 0.3) is 10.7 Å². The Hall–Kier alpha value is -4.39. The predicted octanol–water partition coefficient (Wildman–Crippen LogP) is 0.917. The first kappa shape index (κ1) is 20.3.